The van der Waals surface area contributed by atoms with Gasteiger partial charge in [-0.3, -0.25) is 14.4 Å². The summed E-state index contributed by atoms with van der Waals surface area (Å²) in [6, 6.07) is 24.4. The van der Waals surface area contributed by atoms with Crippen molar-refractivity contribution in [2.75, 3.05) is 10.6 Å². The largest absolute Gasteiger partial charge is 0.465 e. The lowest BCUT2D eigenvalue weighted by Gasteiger charge is -2.13. The average Bonchev–Trinajstić information content (AvgIpc) is 3.43. The Balaban J connectivity index is 1.39. The van der Waals surface area contributed by atoms with Gasteiger partial charge in [-0.05, 0) is 67.6 Å². The molecular formula is C28H24N4O4S. The lowest BCUT2D eigenvalue weighted by atomic mass is 10.2. The molecular weight excluding hydrogens is 488 g/mol. The molecule has 0 fully saturated rings. The monoisotopic (exact) mass is 512 g/mol. The first-order valence-electron chi connectivity index (χ1n) is 11.4. The Bertz CT molecular complexity index is 1370. The zero-order valence-electron chi connectivity index (χ0n) is 19.9. The lowest BCUT2D eigenvalue weighted by Crippen LogP contribution is -2.30. The zero-order valence-corrected chi connectivity index (χ0v) is 20.7. The van der Waals surface area contributed by atoms with Crippen molar-refractivity contribution in [3.63, 3.8) is 0 Å². The van der Waals surface area contributed by atoms with Crippen LogP contribution in [-0.2, 0) is 9.59 Å². The van der Waals surface area contributed by atoms with E-state index in [2.05, 4.69) is 20.9 Å². The highest BCUT2D eigenvalue weighted by molar-refractivity contribution is 8.00. The molecule has 0 spiro atoms. The van der Waals surface area contributed by atoms with E-state index < -0.39 is 11.8 Å². The second kappa shape index (κ2) is 12.4. The van der Waals surface area contributed by atoms with E-state index in [-0.39, 0.29) is 16.9 Å². The number of nitrogens with one attached hydrogen (secondary N) is 3. The molecule has 0 aliphatic heterocycles. The first-order chi connectivity index (χ1) is 18.0. The minimum absolute atomic E-state index is 0.0297. The van der Waals surface area contributed by atoms with Gasteiger partial charge >= 0.3 is 0 Å². The van der Waals surface area contributed by atoms with Crippen LogP contribution in [0.2, 0.25) is 0 Å². The van der Waals surface area contributed by atoms with Gasteiger partial charge < -0.3 is 20.4 Å². The molecule has 4 rings (SSSR count). The van der Waals surface area contributed by atoms with Crippen molar-refractivity contribution < 1.29 is 18.8 Å². The molecule has 8 nitrogen and oxygen atoms in total. The Kier molecular flexibility index (Phi) is 8.51. The second-order valence-corrected chi connectivity index (χ2v) is 9.25. The molecule has 186 valence electrons. The fourth-order valence-corrected chi connectivity index (χ4v) is 4.06. The third kappa shape index (κ3) is 7.42. The van der Waals surface area contributed by atoms with Gasteiger partial charge in [0.25, 0.3) is 11.8 Å². The van der Waals surface area contributed by atoms with Gasteiger partial charge in [-0.2, -0.15) is 0 Å². The Hall–Kier alpha value is -4.63. The van der Waals surface area contributed by atoms with Crippen LogP contribution in [0.3, 0.4) is 0 Å². The Labute approximate surface area is 218 Å². The molecule has 0 saturated carbocycles. The molecule has 4 aromatic rings. The van der Waals surface area contributed by atoms with E-state index in [1.165, 1.54) is 24.1 Å². The van der Waals surface area contributed by atoms with E-state index >= 15 is 0 Å². The summed E-state index contributed by atoms with van der Waals surface area (Å²) in [5.74, 6) is -0.176. The van der Waals surface area contributed by atoms with Crippen LogP contribution in [-0.4, -0.2) is 28.0 Å². The van der Waals surface area contributed by atoms with Gasteiger partial charge in [0.15, 0.2) is 0 Å². The number of amides is 3. The zero-order chi connectivity index (χ0) is 26.0. The number of aromatic nitrogens is 1. The minimum Gasteiger partial charge on any atom is -0.465 e. The Morgan fingerprint density at radius 3 is 2.32 bits per heavy atom. The van der Waals surface area contributed by atoms with E-state index in [1.807, 2.05) is 12.1 Å². The number of thioether (sulfide) groups is 1. The summed E-state index contributed by atoms with van der Waals surface area (Å²) in [4.78, 5) is 43.1. The minimum atomic E-state index is -0.510. The number of rotatable bonds is 9. The third-order valence-corrected chi connectivity index (χ3v) is 6.18. The van der Waals surface area contributed by atoms with Gasteiger partial charge in [0.05, 0.1) is 11.5 Å². The highest BCUT2D eigenvalue weighted by Crippen LogP contribution is 2.25. The summed E-state index contributed by atoms with van der Waals surface area (Å²) in [5, 5.41) is 7.86. The SMILES string of the molecule is CC(Sc1ccc(NC(=O)/C(=C/c2ccco2)NC(=O)c2ccccc2)cc1)C(=O)Nc1ccccn1. The molecule has 0 aliphatic carbocycles. The topological polar surface area (TPSA) is 113 Å². The fraction of sp³-hybridized carbons (Fsp3) is 0.0714. The molecule has 0 bridgehead atoms. The van der Waals surface area contributed by atoms with Crippen molar-refractivity contribution in [2.45, 2.75) is 17.1 Å². The van der Waals surface area contributed by atoms with Gasteiger partial charge in [0.1, 0.15) is 17.3 Å². The Morgan fingerprint density at radius 1 is 0.892 bits per heavy atom. The fourth-order valence-electron chi connectivity index (χ4n) is 3.20. The van der Waals surface area contributed by atoms with E-state index in [9.17, 15) is 14.4 Å². The summed E-state index contributed by atoms with van der Waals surface area (Å²) in [7, 11) is 0. The van der Waals surface area contributed by atoms with Crippen LogP contribution in [0.1, 0.15) is 23.0 Å². The number of anilines is 2. The molecule has 3 amide bonds. The average molecular weight is 513 g/mol. The van der Waals surface area contributed by atoms with Gasteiger partial charge in [0.2, 0.25) is 5.91 Å². The van der Waals surface area contributed by atoms with E-state index in [4.69, 9.17) is 4.42 Å². The van der Waals surface area contributed by atoms with Crippen molar-refractivity contribution in [2.24, 2.45) is 0 Å². The first kappa shape index (κ1) is 25.5. The maximum Gasteiger partial charge on any atom is 0.272 e. The number of carbonyl (C=O) groups excluding carboxylic acids is 3. The van der Waals surface area contributed by atoms with Crippen LogP contribution in [0, 0.1) is 0 Å². The molecule has 0 radical (unpaired) electrons. The van der Waals surface area contributed by atoms with Gasteiger partial charge in [-0.15, -0.1) is 11.8 Å². The molecule has 3 N–H and O–H groups in total. The molecule has 9 heteroatoms. The lowest BCUT2D eigenvalue weighted by molar-refractivity contribution is -0.115. The summed E-state index contributed by atoms with van der Waals surface area (Å²) in [6.45, 7) is 1.81. The van der Waals surface area contributed by atoms with Crippen LogP contribution in [0.4, 0.5) is 11.5 Å². The molecule has 1 unspecified atom stereocenters. The van der Waals surface area contributed by atoms with Crippen molar-refractivity contribution in [1.82, 2.24) is 10.3 Å². The highest BCUT2D eigenvalue weighted by Gasteiger charge is 2.17. The molecule has 0 saturated heterocycles. The number of benzene rings is 2. The number of furan rings is 1. The smallest absolute Gasteiger partial charge is 0.272 e. The van der Waals surface area contributed by atoms with Gasteiger partial charge in [0, 0.05) is 28.4 Å². The summed E-state index contributed by atoms with van der Waals surface area (Å²) < 4.78 is 5.31. The quantitative estimate of drug-likeness (QED) is 0.210. The molecule has 0 aliphatic rings. The predicted molar refractivity (Wildman–Crippen MR) is 144 cm³/mol. The molecule has 2 heterocycles. The van der Waals surface area contributed by atoms with Gasteiger partial charge in [-0.1, -0.05) is 24.3 Å². The van der Waals surface area contributed by atoms with Crippen molar-refractivity contribution in [3.05, 3.63) is 114 Å². The van der Waals surface area contributed by atoms with Crippen molar-refractivity contribution >= 4 is 47.1 Å². The summed E-state index contributed by atoms with van der Waals surface area (Å²) >= 11 is 1.38. The van der Waals surface area contributed by atoms with Crippen molar-refractivity contribution in [3.8, 4) is 0 Å². The molecule has 1 atom stereocenters. The maximum atomic E-state index is 13.0. The van der Waals surface area contributed by atoms with Crippen LogP contribution in [0.15, 0.2) is 112 Å². The first-order valence-corrected chi connectivity index (χ1v) is 12.3. The Morgan fingerprint density at radius 2 is 1.65 bits per heavy atom. The number of hydrogen-bond donors (Lipinski definition) is 3. The highest BCUT2D eigenvalue weighted by atomic mass is 32.2. The standard InChI is InChI=1S/C28H24N4O4S/c1-19(26(33)32-25-11-5-6-16-29-25)37-23-14-12-21(13-15-23)30-28(35)24(18-22-10-7-17-36-22)31-27(34)20-8-3-2-4-9-20/h2-19H,1H3,(H,30,35)(H,31,34)(H,29,32,33)/b24-18-. The molecule has 2 aromatic carbocycles. The van der Waals surface area contributed by atoms with Crippen molar-refractivity contribution in [1.29, 1.82) is 0 Å². The summed E-state index contributed by atoms with van der Waals surface area (Å²) in [5.41, 5.74) is 0.976. The number of nitrogens with zero attached hydrogens (tertiary/aromatic N) is 1. The molecule has 2 aromatic heterocycles. The van der Waals surface area contributed by atoms with Crippen LogP contribution in [0.25, 0.3) is 6.08 Å². The van der Waals surface area contributed by atoms with Crippen LogP contribution < -0.4 is 16.0 Å². The van der Waals surface area contributed by atoms with Gasteiger partial charge in [-0.25, -0.2) is 4.98 Å². The predicted octanol–water partition coefficient (Wildman–Crippen LogP) is 5.20. The maximum absolute atomic E-state index is 13.0. The number of carbonyl (C=O) groups is 3. The van der Waals surface area contributed by atoms with E-state index in [0.29, 0.717) is 22.8 Å². The van der Waals surface area contributed by atoms with Crippen LogP contribution in [0.5, 0.6) is 0 Å². The summed E-state index contributed by atoms with van der Waals surface area (Å²) in [6.07, 6.45) is 4.55. The van der Waals surface area contributed by atoms with Crippen LogP contribution >= 0.6 is 11.8 Å². The third-order valence-electron chi connectivity index (χ3n) is 5.07. The molecule has 37 heavy (non-hydrogen) atoms. The normalized spacial score (nSPS) is 11.9. The number of pyridine rings is 1. The number of hydrogen-bond acceptors (Lipinski definition) is 6. The van der Waals surface area contributed by atoms with E-state index in [0.717, 1.165) is 4.90 Å². The second-order valence-electron chi connectivity index (χ2n) is 7.84. The van der Waals surface area contributed by atoms with E-state index in [1.54, 1.807) is 85.9 Å².